The fourth-order valence-electron chi connectivity index (χ4n) is 1.82. The van der Waals surface area contributed by atoms with E-state index in [4.69, 9.17) is 10.1 Å². The van der Waals surface area contributed by atoms with Gasteiger partial charge in [-0.3, -0.25) is 13.1 Å². The third-order valence-electron chi connectivity index (χ3n) is 2.88. The lowest BCUT2D eigenvalue weighted by Crippen LogP contribution is -2.25. The van der Waals surface area contributed by atoms with Crippen molar-refractivity contribution in [3.05, 3.63) is 58.3 Å². The van der Waals surface area contributed by atoms with E-state index in [2.05, 4.69) is 25.5 Å². The van der Waals surface area contributed by atoms with E-state index < -0.39 is 16.0 Å². The molecule has 0 saturated heterocycles. The minimum absolute atomic E-state index is 0.203. The number of rotatable bonds is 7. The van der Waals surface area contributed by atoms with Crippen molar-refractivity contribution in [1.82, 2.24) is 8.54 Å². The van der Waals surface area contributed by atoms with Crippen LogP contribution in [0.3, 0.4) is 0 Å². The third kappa shape index (κ3) is 5.76. The molecule has 0 fully saturated rings. The first-order chi connectivity index (χ1) is 11.9. The van der Waals surface area contributed by atoms with E-state index in [1.54, 1.807) is 40.7 Å². The van der Waals surface area contributed by atoms with Gasteiger partial charge in [0, 0.05) is 23.6 Å². The largest absolute Gasteiger partial charge is 0.298 e. The second-order valence-electron chi connectivity index (χ2n) is 4.63. The maximum atomic E-state index is 11.0. The average molecular weight is 382 g/mol. The van der Waals surface area contributed by atoms with Crippen LogP contribution in [0.25, 0.3) is 10.4 Å². The zero-order valence-electron chi connectivity index (χ0n) is 13.0. The fraction of sp³-hybridized carbons (Fsp3) is 0.250. The third-order valence-corrected chi connectivity index (χ3v) is 4.17. The minimum Gasteiger partial charge on any atom is -0.298 e. The number of nitrogens with zero attached hydrogens (tertiary/aromatic N) is 8. The summed E-state index contributed by atoms with van der Waals surface area (Å²) >= 11 is 1.28. The van der Waals surface area contributed by atoms with Crippen LogP contribution in [0.4, 0.5) is 5.69 Å². The van der Waals surface area contributed by atoms with Crippen LogP contribution in [0.5, 0.6) is 0 Å². The number of benzene rings is 1. The van der Waals surface area contributed by atoms with Crippen molar-refractivity contribution in [2.75, 3.05) is 6.26 Å². The van der Waals surface area contributed by atoms with Gasteiger partial charge in [0.25, 0.3) is 10.1 Å². The van der Waals surface area contributed by atoms with Crippen molar-refractivity contribution in [3.63, 3.8) is 0 Å². The topological polar surface area (TPSA) is 150 Å². The molecule has 11 nitrogen and oxygen atoms in total. The number of azide groups is 1. The van der Waals surface area contributed by atoms with Crippen molar-refractivity contribution >= 4 is 27.8 Å². The standard InChI is InChI=1S/C12H14N8O3S2/c1-24-20-7-6-19(9-25(21,22)23)12(20)16-18-15-11-4-2-10(3-5-11)8-14-17-13/h2-7H,8-9H2,1H3,(H,21,22,23)/b16-12-,18-15+. The van der Waals surface area contributed by atoms with E-state index in [0.717, 1.165) is 5.56 Å². The second kappa shape index (κ2) is 8.48. The van der Waals surface area contributed by atoms with Crippen LogP contribution >= 0.6 is 11.9 Å². The summed E-state index contributed by atoms with van der Waals surface area (Å²) in [6.07, 6.45) is 4.83. The van der Waals surface area contributed by atoms with E-state index in [-0.39, 0.29) is 12.2 Å². The Balaban J connectivity index is 2.24. The predicted octanol–water partition coefficient (Wildman–Crippen LogP) is 2.67. The molecule has 2 rings (SSSR count). The first-order valence-electron chi connectivity index (χ1n) is 6.75. The Bertz CT molecular complexity index is 969. The Labute approximate surface area is 147 Å². The van der Waals surface area contributed by atoms with Gasteiger partial charge >= 0.3 is 0 Å². The number of imidazole rings is 1. The Morgan fingerprint density at radius 2 is 2.00 bits per heavy atom. The molecule has 0 aliphatic heterocycles. The van der Waals surface area contributed by atoms with E-state index in [0.29, 0.717) is 5.69 Å². The van der Waals surface area contributed by atoms with Crippen molar-refractivity contribution < 1.29 is 13.0 Å². The smallest absolute Gasteiger partial charge is 0.283 e. The molecule has 0 bridgehead atoms. The van der Waals surface area contributed by atoms with Gasteiger partial charge in [0.05, 0.1) is 12.2 Å². The SMILES string of the molecule is CSn1ccn(CS(=O)(=O)O)/c1=N/N=N/c1ccc(CN=[N+]=[N-])cc1. The molecular formula is C12H14N8O3S2. The normalized spacial score (nSPS) is 12.5. The molecule has 0 saturated carbocycles. The molecule has 25 heavy (non-hydrogen) atoms. The van der Waals surface area contributed by atoms with Crippen LogP contribution < -0.4 is 5.62 Å². The van der Waals surface area contributed by atoms with E-state index in [1.165, 1.54) is 22.7 Å². The molecule has 0 aliphatic rings. The van der Waals surface area contributed by atoms with Crippen molar-refractivity contribution in [1.29, 1.82) is 0 Å². The number of aromatic nitrogens is 2. The molecule has 2 aromatic rings. The van der Waals surface area contributed by atoms with Crippen LogP contribution in [0.1, 0.15) is 5.56 Å². The van der Waals surface area contributed by atoms with Gasteiger partial charge in [0.2, 0.25) is 5.62 Å². The molecule has 1 aromatic heterocycles. The Kier molecular flexibility index (Phi) is 6.36. The first-order valence-corrected chi connectivity index (χ1v) is 9.54. The van der Waals surface area contributed by atoms with Gasteiger partial charge in [-0.1, -0.05) is 22.3 Å². The lowest BCUT2D eigenvalue weighted by molar-refractivity contribution is 0.469. The molecule has 0 amide bonds. The quantitative estimate of drug-likeness (QED) is 0.257. The molecule has 0 unspecified atom stereocenters. The summed E-state index contributed by atoms with van der Waals surface area (Å²) in [5.41, 5.74) is 9.84. The monoisotopic (exact) mass is 382 g/mol. The highest BCUT2D eigenvalue weighted by molar-refractivity contribution is 7.97. The fourth-order valence-corrected chi connectivity index (χ4v) is 2.85. The van der Waals surface area contributed by atoms with Gasteiger partial charge < -0.3 is 0 Å². The summed E-state index contributed by atoms with van der Waals surface area (Å²) in [6.45, 7) is 0.245. The molecule has 0 spiro atoms. The average Bonchev–Trinajstić information content (AvgIpc) is 2.94. The van der Waals surface area contributed by atoms with Crippen LogP contribution in [0.15, 0.2) is 57.2 Å². The van der Waals surface area contributed by atoms with Gasteiger partial charge in [0.1, 0.15) is 0 Å². The summed E-state index contributed by atoms with van der Waals surface area (Å²) < 4.78 is 33.9. The minimum atomic E-state index is -4.21. The summed E-state index contributed by atoms with van der Waals surface area (Å²) in [6, 6.07) is 6.85. The number of hydrogen-bond donors (Lipinski definition) is 1. The Hall–Kier alpha value is -2.60. The van der Waals surface area contributed by atoms with Crippen LogP contribution in [0.2, 0.25) is 0 Å². The van der Waals surface area contributed by atoms with Gasteiger partial charge in [-0.05, 0) is 40.4 Å². The predicted molar refractivity (Wildman–Crippen MR) is 92.3 cm³/mol. The molecule has 13 heteroatoms. The van der Waals surface area contributed by atoms with E-state index in [1.807, 2.05) is 0 Å². The zero-order chi connectivity index (χ0) is 18.3. The van der Waals surface area contributed by atoms with Crippen molar-refractivity contribution in [3.8, 4) is 0 Å². The maximum absolute atomic E-state index is 11.0. The summed E-state index contributed by atoms with van der Waals surface area (Å²) in [4.78, 5) is 2.68. The molecule has 1 heterocycles. The van der Waals surface area contributed by atoms with Crippen LogP contribution in [-0.2, 0) is 22.5 Å². The Morgan fingerprint density at radius 3 is 2.60 bits per heavy atom. The van der Waals surface area contributed by atoms with E-state index >= 15 is 0 Å². The highest BCUT2D eigenvalue weighted by atomic mass is 32.2. The van der Waals surface area contributed by atoms with Gasteiger partial charge in [-0.2, -0.15) is 8.42 Å². The zero-order valence-corrected chi connectivity index (χ0v) is 14.7. The summed E-state index contributed by atoms with van der Waals surface area (Å²) in [7, 11) is -4.21. The van der Waals surface area contributed by atoms with Gasteiger partial charge in [-0.25, -0.2) is 0 Å². The Morgan fingerprint density at radius 1 is 1.28 bits per heavy atom. The molecule has 0 aliphatic carbocycles. The molecule has 132 valence electrons. The highest BCUT2D eigenvalue weighted by Gasteiger charge is 2.09. The van der Waals surface area contributed by atoms with Gasteiger partial charge in [0.15, 0.2) is 5.88 Å². The maximum Gasteiger partial charge on any atom is 0.283 e. The number of hydrogen-bond acceptors (Lipinski definition) is 6. The van der Waals surface area contributed by atoms with Gasteiger partial charge in [-0.15, -0.1) is 5.11 Å². The molecule has 1 aromatic carbocycles. The highest BCUT2D eigenvalue weighted by Crippen LogP contribution is 2.14. The van der Waals surface area contributed by atoms with Crippen LogP contribution in [0, 0.1) is 0 Å². The molecular weight excluding hydrogens is 368 g/mol. The molecule has 0 radical (unpaired) electrons. The lowest BCUT2D eigenvalue weighted by Gasteiger charge is -2.00. The summed E-state index contributed by atoms with van der Waals surface area (Å²) in [5, 5.41) is 15.0. The lowest BCUT2D eigenvalue weighted by atomic mass is 10.2. The van der Waals surface area contributed by atoms with Crippen LogP contribution in [-0.4, -0.2) is 27.8 Å². The second-order valence-corrected chi connectivity index (χ2v) is 6.81. The van der Waals surface area contributed by atoms with E-state index in [9.17, 15) is 8.42 Å². The summed E-state index contributed by atoms with van der Waals surface area (Å²) in [5.74, 6) is -0.636. The first kappa shape index (κ1) is 18.7. The molecule has 0 atom stereocenters. The molecule has 1 N–H and O–H groups in total. The van der Waals surface area contributed by atoms with Crippen molar-refractivity contribution in [2.45, 2.75) is 12.4 Å². The van der Waals surface area contributed by atoms with Crippen molar-refractivity contribution in [2.24, 2.45) is 20.6 Å².